The maximum absolute atomic E-state index is 12.1. The van der Waals surface area contributed by atoms with E-state index in [2.05, 4.69) is 5.32 Å². The molecule has 0 spiro atoms. The Balaban J connectivity index is 1.83. The molecule has 0 aliphatic carbocycles. The minimum Gasteiger partial charge on any atom is -0.454 e. The smallest absolute Gasteiger partial charge is 0.280 e. The lowest BCUT2D eigenvalue weighted by molar-refractivity contribution is -0.385. The number of nitrogens with zero attached hydrogens (tertiary/aromatic N) is 1. The molecule has 7 heteroatoms. The third-order valence-corrected chi connectivity index (χ3v) is 3.78. The Labute approximate surface area is 144 Å². The van der Waals surface area contributed by atoms with Crippen molar-refractivity contribution >= 4 is 23.4 Å². The van der Waals surface area contributed by atoms with Crippen molar-refractivity contribution in [3.05, 3.63) is 63.2 Å². The van der Waals surface area contributed by atoms with Gasteiger partial charge in [0.1, 0.15) is 0 Å². The number of carbonyl (C=O) groups is 1. The van der Waals surface area contributed by atoms with E-state index in [1.807, 2.05) is 32.0 Å². The van der Waals surface area contributed by atoms with E-state index in [4.69, 9.17) is 9.47 Å². The Morgan fingerprint density at radius 2 is 1.92 bits per heavy atom. The second kappa shape index (κ2) is 6.64. The molecule has 0 fully saturated rings. The van der Waals surface area contributed by atoms with E-state index in [0.717, 1.165) is 11.1 Å². The van der Waals surface area contributed by atoms with Crippen LogP contribution in [0.2, 0.25) is 0 Å². The summed E-state index contributed by atoms with van der Waals surface area (Å²) in [6.07, 6.45) is 2.65. The van der Waals surface area contributed by atoms with Crippen molar-refractivity contribution in [1.82, 2.24) is 0 Å². The molecule has 1 heterocycles. The van der Waals surface area contributed by atoms with Crippen LogP contribution in [0, 0.1) is 24.0 Å². The molecule has 1 N–H and O–H groups in total. The van der Waals surface area contributed by atoms with Crippen LogP contribution in [0.15, 0.2) is 36.4 Å². The summed E-state index contributed by atoms with van der Waals surface area (Å²) in [5.41, 5.74) is 2.78. The van der Waals surface area contributed by atoms with Crippen molar-refractivity contribution in [1.29, 1.82) is 0 Å². The summed E-state index contributed by atoms with van der Waals surface area (Å²) in [5, 5.41) is 14.0. The maximum atomic E-state index is 12.1. The average molecular weight is 340 g/mol. The van der Waals surface area contributed by atoms with E-state index >= 15 is 0 Å². The molecule has 0 aromatic heterocycles. The monoisotopic (exact) mass is 340 g/mol. The zero-order chi connectivity index (χ0) is 18.0. The van der Waals surface area contributed by atoms with Crippen LogP contribution in [0.1, 0.15) is 16.7 Å². The Hall–Kier alpha value is -3.35. The zero-order valence-electron chi connectivity index (χ0n) is 13.7. The lowest BCUT2D eigenvalue weighted by atomic mass is 10.1. The second-order valence-electron chi connectivity index (χ2n) is 5.66. The van der Waals surface area contributed by atoms with Gasteiger partial charge in [-0.3, -0.25) is 14.9 Å². The molecular formula is C18H16N2O5. The number of amides is 1. The Morgan fingerprint density at radius 3 is 2.64 bits per heavy atom. The number of nitro benzene ring substituents is 1. The first-order chi connectivity index (χ1) is 11.9. The van der Waals surface area contributed by atoms with Gasteiger partial charge in [-0.2, -0.15) is 0 Å². The standard InChI is InChI=1S/C18H16N2O5/c1-11-3-4-12(2)14(7-11)19-18(21)6-5-13-8-16-17(25-10-24-16)9-15(13)20(22)23/h3-9H,10H2,1-2H3,(H,19,21)/b6-5+. The van der Waals surface area contributed by atoms with E-state index < -0.39 is 4.92 Å². The molecule has 0 radical (unpaired) electrons. The number of nitrogens with one attached hydrogen (secondary N) is 1. The second-order valence-corrected chi connectivity index (χ2v) is 5.66. The number of hydrogen-bond donors (Lipinski definition) is 1. The molecule has 0 saturated carbocycles. The van der Waals surface area contributed by atoms with Gasteiger partial charge in [0.2, 0.25) is 12.7 Å². The first kappa shape index (κ1) is 16.5. The fourth-order valence-electron chi connectivity index (χ4n) is 2.45. The molecule has 1 amide bonds. The van der Waals surface area contributed by atoms with Crippen LogP contribution in [0.5, 0.6) is 11.5 Å². The topological polar surface area (TPSA) is 90.7 Å². The summed E-state index contributed by atoms with van der Waals surface area (Å²) in [6, 6.07) is 8.52. The highest BCUT2D eigenvalue weighted by molar-refractivity contribution is 6.02. The van der Waals surface area contributed by atoms with E-state index in [1.54, 1.807) is 0 Å². The van der Waals surface area contributed by atoms with Crippen molar-refractivity contribution < 1.29 is 19.2 Å². The van der Waals surface area contributed by atoms with Gasteiger partial charge in [0, 0.05) is 11.8 Å². The van der Waals surface area contributed by atoms with Crippen molar-refractivity contribution in [2.75, 3.05) is 12.1 Å². The lowest BCUT2D eigenvalue weighted by Crippen LogP contribution is -2.09. The molecule has 1 aliphatic rings. The molecule has 0 saturated heterocycles. The van der Waals surface area contributed by atoms with Crippen molar-refractivity contribution in [2.45, 2.75) is 13.8 Å². The van der Waals surface area contributed by atoms with Crippen LogP contribution in [-0.4, -0.2) is 17.6 Å². The van der Waals surface area contributed by atoms with E-state index in [0.29, 0.717) is 17.2 Å². The van der Waals surface area contributed by atoms with Crippen LogP contribution < -0.4 is 14.8 Å². The molecule has 7 nitrogen and oxygen atoms in total. The predicted molar refractivity (Wildman–Crippen MR) is 92.8 cm³/mol. The number of benzene rings is 2. The van der Waals surface area contributed by atoms with Gasteiger partial charge in [0.15, 0.2) is 11.5 Å². The van der Waals surface area contributed by atoms with E-state index in [9.17, 15) is 14.9 Å². The fraction of sp³-hybridized carbons (Fsp3) is 0.167. The molecular weight excluding hydrogens is 324 g/mol. The van der Waals surface area contributed by atoms with Crippen LogP contribution in [-0.2, 0) is 4.79 Å². The highest BCUT2D eigenvalue weighted by Crippen LogP contribution is 2.38. The van der Waals surface area contributed by atoms with E-state index in [-0.39, 0.29) is 24.0 Å². The molecule has 3 rings (SSSR count). The van der Waals surface area contributed by atoms with Gasteiger partial charge >= 0.3 is 0 Å². The number of rotatable bonds is 4. The third kappa shape index (κ3) is 3.60. The van der Waals surface area contributed by atoms with Gasteiger partial charge < -0.3 is 14.8 Å². The number of aryl methyl sites for hydroxylation is 2. The zero-order valence-corrected chi connectivity index (χ0v) is 13.7. The Morgan fingerprint density at radius 1 is 1.20 bits per heavy atom. The SMILES string of the molecule is Cc1ccc(C)c(NC(=O)/C=C/c2cc3c(cc2[N+](=O)[O-])OCO3)c1. The highest BCUT2D eigenvalue weighted by atomic mass is 16.7. The molecule has 0 bridgehead atoms. The fourth-order valence-corrected chi connectivity index (χ4v) is 2.45. The van der Waals surface area contributed by atoms with Gasteiger partial charge in [0.25, 0.3) is 5.69 Å². The first-order valence-corrected chi connectivity index (χ1v) is 7.58. The van der Waals surface area contributed by atoms with Crippen LogP contribution in [0.3, 0.4) is 0 Å². The molecule has 0 atom stereocenters. The van der Waals surface area contributed by atoms with E-state index in [1.165, 1.54) is 24.3 Å². The Bertz CT molecular complexity index is 889. The van der Waals surface area contributed by atoms with Gasteiger partial charge in [0.05, 0.1) is 16.6 Å². The normalized spacial score (nSPS) is 12.4. The molecule has 0 unspecified atom stereocenters. The Kier molecular flexibility index (Phi) is 4.38. The molecule has 128 valence electrons. The summed E-state index contributed by atoms with van der Waals surface area (Å²) in [6.45, 7) is 3.84. The van der Waals surface area contributed by atoms with Gasteiger partial charge in [-0.15, -0.1) is 0 Å². The highest BCUT2D eigenvalue weighted by Gasteiger charge is 2.22. The van der Waals surface area contributed by atoms with Gasteiger partial charge in [-0.05, 0) is 43.2 Å². The van der Waals surface area contributed by atoms with Crippen LogP contribution in [0.4, 0.5) is 11.4 Å². The summed E-state index contributed by atoms with van der Waals surface area (Å²) < 4.78 is 10.4. The largest absolute Gasteiger partial charge is 0.454 e. The third-order valence-electron chi connectivity index (χ3n) is 3.78. The lowest BCUT2D eigenvalue weighted by Gasteiger charge is -2.07. The first-order valence-electron chi connectivity index (χ1n) is 7.58. The quantitative estimate of drug-likeness (QED) is 0.522. The number of nitro groups is 1. The average Bonchev–Trinajstić information content (AvgIpc) is 3.02. The number of fused-ring (bicyclic) bond motifs is 1. The number of ether oxygens (including phenoxy) is 2. The minimum atomic E-state index is -0.524. The van der Waals surface area contributed by atoms with Gasteiger partial charge in [-0.25, -0.2) is 0 Å². The van der Waals surface area contributed by atoms with Crippen molar-refractivity contribution in [2.24, 2.45) is 0 Å². The number of hydrogen-bond acceptors (Lipinski definition) is 5. The van der Waals surface area contributed by atoms with Crippen molar-refractivity contribution in [3.8, 4) is 11.5 Å². The maximum Gasteiger partial charge on any atom is 0.280 e. The minimum absolute atomic E-state index is 0.0206. The molecule has 2 aromatic carbocycles. The summed E-state index contributed by atoms with van der Waals surface area (Å²) >= 11 is 0. The molecule has 2 aromatic rings. The van der Waals surface area contributed by atoms with Crippen molar-refractivity contribution in [3.63, 3.8) is 0 Å². The predicted octanol–water partition coefficient (Wildman–Crippen LogP) is 3.59. The van der Waals surface area contributed by atoms with Gasteiger partial charge in [-0.1, -0.05) is 12.1 Å². The summed E-state index contributed by atoms with van der Waals surface area (Å²) in [7, 11) is 0. The molecule has 1 aliphatic heterocycles. The molecule has 25 heavy (non-hydrogen) atoms. The van der Waals surface area contributed by atoms with Crippen LogP contribution >= 0.6 is 0 Å². The summed E-state index contributed by atoms with van der Waals surface area (Å²) in [4.78, 5) is 22.8. The summed E-state index contributed by atoms with van der Waals surface area (Å²) in [5.74, 6) is 0.365. The number of anilines is 1. The van der Waals surface area contributed by atoms with Crippen LogP contribution in [0.25, 0.3) is 6.08 Å². The number of carbonyl (C=O) groups excluding carboxylic acids is 1.